The van der Waals surface area contributed by atoms with Crippen molar-refractivity contribution in [1.82, 2.24) is 9.97 Å². The Morgan fingerprint density at radius 1 is 1.19 bits per heavy atom. The van der Waals surface area contributed by atoms with E-state index in [1.807, 2.05) is 6.07 Å². The highest BCUT2D eigenvalue weighted by atomic mass is 16.5. The lowest BCUT2D eigenvalue weighted by molar-refractivity contribution is 0.104. The van der Waals surface area contributed by atoms with Gasteiger partial charge in [0.25, 0.3) is 0 Å². The molecule has 0 radical (unpaired) electrons. The molecule has 0 spiro atoms. The Bertz CT molecular complexity index is 475. The van der Waals surface area contributed by atoms with Gasteiger partial charge in [-0.05, 0) is 31.6 Å². The van der Waals surface area contributed by atoms with Crippen LogP contribution in [0.1, 0.15) is 57.4 Å². The van der Waals surface area contributed by atoms with E-state index in [1.165, 1.54) is 25.7 Å². The normalized spacial score (nSPS) is 29.3. The molecule has 1 saturated carbocycles. The molecule has 1 saturated heterocycles. The summed E-state index contributed by atoms with van der Waals surface area (Å²) in [6.45, 7) is 3.11. The van der Waals surface area contributed by atoms with Crippen LogP contribution < -0.4 is 10.1 Å². The minimum absolute atomic E-state index is 0.0180. The molecule has 1 aromatic heterocycles. The highest BCUT2D eigenvalue weighted by molar-refractivity contribution is 5.40. The quantitative estimate of drug-likeness (QED) is 0.922. The maximum absolute atomic E-state index is 5.70. The van der Waals surface area contributed by atoms with E-state index in [0.29, 0.717) is 17.8 Å². The van der Waals surface area contributed by atoms with Gasteiger partial charge < -0.3 is 14.8 Å². The van der Waals surface area contributed by atoms with Gasteiger partial charge >= 0.3 is 0 Å². The third-order valence-electron chi connectivity index (χ3n) is 4.59. The zero-order valence-corrected chi connectivity index (χ0v) is 13.0. The largest absolute Gasteiger partial charge is 0.481 e. The molecule has 3 unspecified atom stereocenters. The van der Waals surface area contributed by atoms with Gasteiger partial charge in [0.05, 0.1) is 7.11 Å². The molecule has 0 bridgehead atoms. The van der Waals surface area contributed by atoms with Gasteiger partial charge in [-0.1, -0.05) is 19.8 Å². The summed E-state index contributed by atoms with van der Waals surface area (Å²) < 4.78 is 11.0. The lowest BCUT2D eigenvalue weighted by atomic mass is 9.86. The molecular weight excluding hydrogens is 266 g/mol. The summed E-state index contributed by atoms with van der Waals surface area (Å²) in [4.78, 5) is 9.11. The molecule has 0 aromatic carbocycles. The van der Waals surface area contributed by atoms with Gasteiger partial charge in [-0.15, -0.1) is 0 Å². The first-order valence-corrected chi connectivity index (χ1v) is 8.07. The van der Waals surface area contributed by atoms with E-state index in [2.05, 4.69) is 22.2 Å². The maximum atomic E-state index is 5.70. The number of anilines is 1. The lowest BCUT2D eigenvalue weighted by Crippen LogP contribution is -2.30. The Morgan fingerprint density at radius 2 is 2.05 bits per heavy atom. The van der Waals surface area contributed by atoms with Crippen molar-refractivity contribution in [3.8, 4) is 5.88 Å². The smallest absolute Gasteiger partial charge is 0.218 e. The van der Waals surface area contributed by atoms with E-state index < -0.39 is 0 Å². The van der Waals surface area contributed by atoms with Crippen LogP contribution in [0.25, 0.3) is 0 Å². The van der Waals surface area contributed by atoms with E-state index in [4.69, 9.17) is 9.47 Å². The fraction of sp³-hybridized carbons (Fsp3) is 0.750. The first-order valence-electron chi connectivity index (χ1n) is 8.07. The van der Waals surface area contributed by atoms with Crippen LogP contribution >= 0.6 is 0 Å². The van der Waals surface area contributed by atoms with Crippen LogP contribution in [0.2, 0.25) is 0 Å². The zero-order chi connectivity index (χ0) is 14.7. The van der Waals surface area contributed by atoms with Crippen LogP contribution in [-0.4, -0.2) is 29.7 Å². The predicted molar refractivity (Wildman–Crippen MR) is 81.6 cm³/mol. The van der Waals surface area contributed by atoms with Crippen LogP contribution in [0.15, 0.2) is 6.07 Å². The Morgan fingerprint density at radius 3 is 2.76 bits per heavy atom. The summed E-state index contributed by atoms with van der Waals surface area (Å²) in [6, 6.07) is 2.38. The van der Waals surface area contributed by atoms with Crippen molar-refractivity contribution in [1.29, 1.82) is 0 Å². The molecule has 2 heterocycles. The molecule has 1 aromatic rings. The zero-order valence-electron chi connectivity index (χ0n) is 13.0. The molecule has 1 aliphatic heterocycles. The topological polar surface area (TPSA) is 56.3 Å². The Kier molecular flexibility index (Phi) is 4.58. The molecule has 3 atom stereocenters. The van der Waals surface area contributed by atoms with Crippen LogP contribution in [0.5, 0.6) is 5.88 Å². The van der Waals surface area contributed by atoms with Gasteiger partial charge in [0.1, 0.15) is 11.9 Å². The molecule has 116 valence electrons. The number of ether oxygens (including phenoxy) is 2. The molecular formula is C16H25N3O2. The van der Waals surface area contributed by atoms with Crippen molar-refractivity contribution in [3.63, 3.8) is 0 Å². The van der Waals surface area contributed by atoms with Gasteiger partial charge in [0.15, 0.2) is 5.82 Å². The third-order valence-corrected chi connectivity index (χ3v) is 4.59. The fourth-order valence-corrected chi connectivity index (χ4v) is 3.27. The van der Waals surface area contributed by atoms with E-state index in [9.17, 15) is 0 Å². The van der Waals surface area contributed by atoms with Crippen LogP contribution in [0.3, 0.4) is 0 Å². The van der Waals surface area contributed by atoms with Gasteiger partial charge in [0, 0.05) is 18.7 Å². The molecule has 1 N–H and O–H groups in total. The summed E-state index contributed by atoms with van der Waals surface area (Å²) in [6.07, 6.45) is 7.22. The molecule has 2 fully saturated rings. The van der Waals surface area contributed by atoms with E-state index >= 15 is 0 Å². The van der Waals surface area contributed by atoms with E-state index in [1.54, 1.807) is 7.11 Å². The summed E-state index contributed by atoms with van der Waals surface area (Å²) >= 11 is 0. The van der Waals surface area contributed by atoms with Crippen molar-refractivity contribution < 1.29 is 9.47 Å². The summed E-state index contributed by atoms with van der Waals surface area (Å²) in [5.74, 6) is 2.91. The second-order valence-corrected chi connectivity index (χ2v) is 6.17. The van der Waals surface area contributed by atoms with E-state index in [-0.39, 0.29) is 6.10 Å². The molecule has 0 amide bonds. The number of nitrogens with one attached hydrogen (secondary N) is 1. The van der Waals surface area contributed by atoms with Crippen LogP contribution in [0, 0.1) is 5.92 Å². The number of methoxy groups -OCH3 is 1. The second kappa shape index (κ2) is 6.60. The average Bonchev–Trinajstić information content (AvgIpc) is 3.04. The number of hydrogen-bond acceptors (Lipinski definition) is 5. The van der Waals surface area contributed by atoms with Crippen molar-refractivity contribution in [3.05, 3.63) is 11.9 Å². The Balaban J connectivity index is 1.78. The van der Waals surface area contributed by atoms with Gasteiger partial charge in [0.2, 0.25) is 5.88 Å². The van der Waals surface area contributed by atoms with Gasteiger partial charge in [-0.2, -0.15) is 4.98 Å². The van der Waals surface area contributed by atoms with Crippen molar-refractivity contribution in [2.75, 3.05) is 19.0 Å². The fourth-order valence-electron chi connectivity index (χ4n) is 3.27. The number of hydrogen-bond donors (Lipinski definition) is 1. The monoisotopic (exact) mass is 291 g/mol. The SMILES string of the molecule is COc1cc(NC2CCCCC2C)nc(C2CCCO2)n1. The first-order chi connectivity index (χ1) is 10.3. The summed E-state index contributed by atoms with van der Waals surface area (Å²) in [5.41, 5.74) is 0. The number of rotatable bonds is 4. The van der Waals surface area contributed by atoms with Crippen molar-refractivity contribution in [2.45, 2.75) is 57.6 Å². The standard InChI is InChI=1S/C16H25N3O2/c1-11-6-3-4-7-12(11)17-14-10-15(20-2)19-16(18-14)13-8-5-9-21-13/h10-13H,3-9H2,1-2H3,(H,17,18,19). The lowest BCUT2D eigenvalue weighted by Gasteiger charge is -2.30. The van der Waals surface area contributed by atoms with Gasteiger partial charge in [-0.3, -0.25) is 0 Å². The summed E-state index contributed by atoms with van der Waals surface area (Å²) in [7, 11) is 1.65. The molecule has 3 rings (SSSR count). The molecule has 2 aliphatic rings. The third kappa shape index (κ3) is 3.46. The number of aromatic nitrogens is 2. The predicted octanol–water partition coefficient (Wildman–Crippen LogP) is 3.33. The van der Waals surface area contributed by atoms with Crippen LogP contribution in [-0.2, 0) is 4.74 Å². The van der Waals surface area contributed by atoms with Gasteiger partial charge in [-0.25, -0.2) is 4.98 Å². The highest BCUT2D eigenvalue weighted by Crippen LogP contribution is 2.30. The molecule has 5 nitrogen and oxygen atoms in total. The molecule has 1 aliphatic carbocycles. The van der Waals surface area contributed by atoms with E-state index in [0.717, 1.165) is 31.1 Å². The van der Waals surface area contributed by atoms with Crippen molar-refractivity contribution in [2.24, 2.45) is 5.92 Å². The Hall–Kier alpha value is -1.36. The average molecular weight is 291 g/mol. The Labute approximate surface area is 126 Å². The first kappa shape index (κ1) is 14.6. The minimum atomic E-state index is 0.0180. The molecule has 5 heteroatoms. The summed E-state index contributed by atoms with van der Waals surface area (Å²) in [5, 5.41) is 3.58. The number of nitrogens with zero attached hydrogens (tertiary/aromatic N) is 2. The highest BCUT2D eigenvalue weighted by Gasteiger charge is 2.24. The molecule has 21 heavy (non-hydrogen) atoms. The minimum Gasteiger partial charge on any atom is -0.481 e. The second-order valence-electron chi connectivity index (χ2n) is 6.17. The van der Waals surface area contributed by atoms with Crippen molar-refractivity contribution >= 4 is 5.82 Å². The van der Waals surface area contributed by atoms with Crippen LogP contribution in [0.4, 0.5) is 5.82 Å². The maximum Gasteiger partial charge on any atom is 0.218 e.